The van der Waals surface area contributed by atoms with Gasteiger partial charge in [0.15, 0.2) is 10.3 Å². The number of thiazole rings is 1. The SMILES string of the molecule is O=C(CSc1nnc(C2CCCCC2)n1-c1ccccc1)Nc1ncc(Cc2cccc(C(F)(F)F)c2)s1. The van der Waals surface area contributed by atoms with Gasteiger partial charge in [0.2, 0.25) is 5.91 Å². The molecule has 2 aromatic carbocycles. The number of nitrogens with zero attached hydrogens (tertiary/aromatic N) is 4. The molecule has 0 radical (unpaired) electrons. The zero-order chi connectivity index (χ0) is 26.5. The van der Waals surface area contributed by atoms with Crippen LogP contribution >= 0.6 is 23.1 Å². The van der Waals surface area contributed by atoms with Crippen LogP contribution in [0.1, 0.15) is 59.9 Å². The number of amides is 1. The maximum atomic E-state index is 13.0. The fourth-order valence-electron chi connectivity index (χ4n) is 4.61. The second-order valence-electron chi connectivity index (χ2n) is 9.19. The van der Waals surface area contributed by atoms with Crippen molar-refractivity contribution in [1.29, 1.82) is 0 Å². The molecule has 5 rings (SSSR count). The average molecular weight is 558 g/mol. The van der Waals surface area contributed by atoms with Crippen molar-refractivity contribution >= 4 is 34.1 Å². The van der Waals surface area contributed by atoms with Gasteiger partial charge in [0.1, 0.15) is 5.82 Å². The number of alkyl halides is 3. The van der Waals surface area contributed by atoms with Crippen molar-refractivity contribution in [1.82, 2.24) is 19.7 Å². The molecular weight excluding hydrogens is 531 g/mol. The third-order valence-corrected chi connectivity index (χ3v) is 8.25. The molecule has 2 aromatic heterocycles. The Kier molecular flexibility index (Phi) is 8.13. The van der Waals surface area contributed by atoms with E-state index in [2.05, 4.69) is 25.1 Å². The molecule has 198 valence electrons. The topological polar surface area (TPSA) is 72.7 Å². The molecule has 38 heavy (non-hydrogen) atoms. The lowest BCUT2D eigenvalue weighted by Crippen LogP contribution is -2.15. The summed E-state index contributed by atoms with van der Waals surface area (Å²) in [6.07, 6.45) is 3.28. The van der Waals surface area contributed by atoms with Crippen molar-refractivity contribution < 1.29 is 18.0 Å². The summed E-state index contributed by atoms with van der Waals surface area (Å²) in [5, 5.41) is 12.8. The van der Waals surface area contributed by atoms with Gasteiger partial charge in [-0.1, -0.05) is 67.4 Å². The second kappa shape index (κ2) is 11.7. The summed E-state index contributed by atoms with van der Waals surface area (Å²) in [6.45, 7) is 0. The Morgan fingerprint density at radius 3 is 2.61 bits per heavy atom. The van der Waals surface area contributed by atoms with Gasteiger partial charge in [-0.25, -0.2) is 4.98 Å². The maximum Gasteiger partial charge on any atom is 0.416 e. The summed E-state index contributed by atoms with van der Waals surface area (Å²) < 4.78 is 41.1. The van der Waals surface area contributed by atoms with E-state index in [0.717, 1.165) is 41.4 Å². The molecule has 11 heteroatoms. The van der Waals surface area contributed by atoms with Gasteiger partial charge in [-0.05, 0) is 36.6 Å². The summed E-state index contributed by atoms with van der Waals surface area (Å²) >= 11 is 2.56. The second-order valence-corrected chi connectivity index (χ2v) is 11.2. The normalized spacial score (nSPS) is 14.5. The van der Waals surface area contributed by atoms with Crippen LogP contribution in [0.15, 0.2) is 66.0 Å². The minimum atomic E-state index is -4.39. The number of para-hydroxylation sites is 1. The summed E-state index contributed by atoms with van der Waals surface area (Å²) in [7, 11) is 0. The Morgan fingerprint density at radius 2 is 1.84 bits per heavy atom. The van der Waals surface area contributed by atoms with Crippen molar-refractivity contribution in [2.24, 2.45) is 0 Å². The first kappa shape index (κ1) is 26.4. The lowest BCUT2D eigenvalue weighted by molar-refractivity contribution is -0.137. The van der Waals surface area contributed by atoms with Crippen LogP contribution in [-0.4, -0.2) is 31.4 Å². The van der Waals surface area contributed by atoms with Crippen molar-refractivity contribution in [3.63, 3.8) is 0 Å². The number of carbonyl (C=O) groups excluding carboxylic acids is 1. The molecule has 1 fully saturated rings. The van der Waals surface area contributed by atoms with E-state index in [0.29, 0.717) is 28.2 Å². The predicted octanol–water partition coefficient (Wildman–Crippen LogP) is 7.11. The molecule has 1 N–H and O–H groups in total. The van der Waals surface area contributed by atoms with E-state index in [1.165, 1.54) is 48.4 Å². The molecule has 0 aliphatic heterocycles. The number of anilines is 1. The molecule has 2 heterocycles. The van der Waals surface area contributed by atoms with Gasteiger partial charge in [0.05, 0.1) is 11.3 Å². The van der Waals surface area contributed by atoms with Crippen molar-refractivity contribution in [2.45, 2.75) is 55.8 Å². The van der Waals surface area contributed by atoms with Crippen LogP contribution in [0.3, 0.4) is 0 Å². The van der Waals surface area contributed by atoms with Crippen LogP contribution in [0.2, 0.25) is 0 Å². The summed E-state index contributed by atoms with van der Waals surface area (Å²) in [4.78, 5) is 17.7. The lowest BCUT2D eigenvalue weighted by atomic mass is 9.88. The Morgan fingerprint density at radius 1 is 1.05 bits per heavy atom. The molecule has 1 aliphatic rings. The smallest absolute Gasteiger partial charge is 0.301 e. The number of hydrogen-bond donors (Lipinski definition) is 1. The van der Waals surface area contributed by atoms with E-state index in [1.807, 2.05) is 30.3 Å². The van der Waals surface area contributed by atoms with Gasteiger partial charge >= 0.3 is 6.18 Å². The highest BCUT2D eigenvalue weighted by Gasteiger charge is 2.30. The summed E-state index contributed by atoms with van der Waals surface area (Å²) in [5.74, 6) is 1.18. The highest BCUT2D eigenvalue weighted by Crippen LogP contribution is 2.35. The van der Waals surface area contributed by atoms with Gasteiger partial charge in [0, 0.05) is 29.1 Å². The molecule has 4 aromatic rings. The van der Waals surface area contributed by atoms with Crippen molar-refractivity contribution in [3.8, 4) is 5.69 Å². The third kappa shape index (κ3) is 6.44. The van der Waals surface area contributed by atoms with Gasteiger partial charge in [-0.3, -0.25) is 9.36 Å². The van der Waals surface area contributed by atoms with Crippen LogP contribution in [-0.2, 0) is 17.4 Å². The molecule has 1 aliphatic carbocycles. The van der Waals surface area contributed by atoms with E-state index in [1.54, 1.807) is 12.3 Å². The van der Waals surface area contributed by atoms with Crippen LogP contribution in [0.5, 0.6) is 0 Å². The number of halogens is 3. The number of hydrogen-bond acceptors (Lipinski definition) is 6. The Bertz CT molecular complexity index is 1380. The molecule has 1 saturated carbocycles. The van der Waals surface area contributed by atoms with E-state index < -0.39 is 11.7 Å². The van der Waals surface area contributed by atoms with E-state index in [4.69, 9.17) is 0 Å². The molecule has 0 atom stereocenters. The van der Waals surface area contributed by atoms with Crippen molar-refractivity contribution in [2.75, 3.05) is 11.1 Å². The minimum absolute atomic E-state index is 0.123. The number of rotatable bonds is 8. The Balaban J connectivity index is 1.23. The third-order valence-electron chi connectivity index (χ3n) is 6.41. The van der Waals surface area contributed by atoms with Gasteiger partial charge in [-0.15, -0.1) is 21.5 Å². The standard InChI is InChI=1S/C27H26F3N5OS2/c28-27(29,30)20-11-7-8-18(14-20)15-22-16-31-25(38-22)32-23(36)17-37-26-34-33-24(19-9-3-1-4-10-19)35(26)21-12-5-2-6-13-21/h2,5-8,11-14,16,19H,1,3-4,9-10,15,17H2,(H,31,32,36). The average Bonchev–Trinajstić information content (AvgIpc) is 3.55. The summed E-state index contributed by atoms with van der Waals surface area (Å²) in [5.41, 5.74) is 0.825. The fraction of sp³-hybridized carbons (Fsp3) is 0.333. The van der Waals surface area contributed by atoms with E-state index in [9.17, 15) is 18.0 Å². The molecular formula is C27H26F3N5OS2. The van der Waals surface area contributed by atoms with Gasteiger partial charge in [0.25, 0.3) is 0 Å². The molecule has 0 unspecified atom stereocenters. The first-order chi connectivity index (χ1) is 18.4. The Hall–Kier alpha value is -3.18. The first-order valence-electron chi connectivity index (χ1n) is 12.4. The van der Waals surface area contributed by atoms with Crippen molar-refractivity contribution in [3.05, 3.63) is 82.6 Å². The first-order valence-corrected chi connectivity index (χ1v) is 14.2. The van der Waals surface area contributed by atoms with E-state index >= 15 is 0 Å². The minimum Gasteiger partial charge on any atom is -0.301 e. The number of benzene rings is 2. The quantitative estimate of drug-likeness (QED) is 0.234. The number of carbonyl (C=O) groups is 1. The number of nitrogens with one attached hydrogen (secondary N) is 1. The largest absolute Gasteiger partial charge is 0.416 e. The zero-order valence-corrected chi connectivity index (χ0v) is 22.1. The highest BCUT2D eigenvalue weighted by molar-refractivity contribution is 7.99. The van der Waals surface area contributed by atoms with Crippen LogP contribution < -0.4 is 5.32 Å². The molecule has 1 amide bonds. The van der Waals surface area contributed by atoms with E-state index in [-0.39, 0.29) is 11.7 Å². The van der Waals surface area contributed by atoms with Crippen LogP contribution in [0.25, 0.3) is 5.69 Å². The monoisotopic (exact) mass is 557 g/mol. The molecule has 6 nitrogen and oxygen atoms in total. The summed E-state index contributed by atoms with van der Waals surface area (Å²) in [6, 6.07) is 15.2. The Labute approximate surface area is 226 Å². The molecule has 0 spiro atoms. The van der Waals surface area contributed by atoms with Crippen LogP contribution in [0.4, 0.5) is 18.3 Å². The maximum absolute atomic E-state index is 13.0. The van der Waals surface area contributed by atoms with Gasteiger partial charge in [-0.2, -0.15) is 13.2 Å². The van der Waals surface area contributed by atoms with Crippen LogP contribution in [0, 0.1) is 0 Å². The predicted molar refractivity (Wildman–Crippen MR) is 143 cm³/mol. The molecule has 0 saturated heterocycles. The highest BCUT2D eigenvalue weighted by atomic mass is 32.2. The zero-order valence-electron chi connectivity index (χ0n) is 20.4. The molecule has 0 bridgehead atoms. The number of aromatic nitrogens is 4. The fourth-order valence-corrected chi connectivity index (χ4v) is 6.23. The van der Waals surface area contributed by atoms with Gasteiger partial charge < -0.3 is 5.32 Å². The number of thioether (sulfide) groups is 1. The lowest BCUT2D eigenvalue weighted by Gasteiger charge is -2.22.